The van der Waals surface area contributed by atoms with Crippen LogP contribution in [-0.2, 0) is 21.4 Å². The second kappa shape index (κ2) is 11.1. The molecule has 2 rings (SSSR count). The summed E-state index contributed by atoms with van der Waals surface area (Å²) in [6, 6.07) is 10.9. The number of nitrogens with zero attached hydrogens (tertiary/aromatic N) is 2. The molecule has 0 spiro atoms. The lowest BCUT2D eigenvalue weighted by Crippen LogP contribution is -2.32. The number of benzene rings is 2. The summed E-state index contributed by atoms with van der Waals surface area (Å²) in [4.78, 5) is 14.4. The molecule has 0 radical (unpaired) electrons. The van der Waals surface area contributed by atoms with E-state index >= 15 is 0 Å². The molecule has 31 heavy (non-hydrogen) atoms. The summed E-state index contributed by atoms with van der Waals surface area (Å²) in [5, 5.41) is 2.81. The molecule has 0 aliphatic heterocycles. The van der Waals surface area contributed by atoms with Gasteiger partial charge in [-0.1, -0.05) is 12.1 Å². The maximum absolute atomic E-state index is 13.5. The Balaban J connectivity index is 1.87. The van der Waals surface area contributed by atoms with Gasteiger partial charge in [-0.05, 0) is 50.1 Å². The van der Waals surface area contributed by atoms with E-state index in [9.17, 15) is 22.0 Å². The van der Waals surface area contributed by atoms with Crippen LogP contribution in [0.25, 0.3) is 0 Å². The van der Waals surface area contributed by atoms with Gasteiger partial charge in [0.05, 0.1) is 11.9 Å². The van der Waals surface area contributed by atoms with Gasteiger partial charge in [-0.15, -0.1) is 0 Å². The van der Waals surface area contributed by atoms with Crippen LogP contribution in [0.4, 0.5) is 20.2 Å². The Bertz CT molecular complexity index is 978. The normalized spacial score (nSPS) is 11.3. The predicted molar refractivity (Wildman–Crippen MR) is 120 cm³/mol. The lowest BCUT2D eigenvalue weighted by atomic mass is 10.2. The molecule has 0 aliphatic rings. The molecule has 9 heteroatoms. The van der Waals surface area contributed by atoms with Crippen LogP contribution >= 0.6 is 0 Å². The second-order valence-electron chi connectivity index (χ2n) is 7.15. The summed E-state index contributed by atoms with van der Waals surface area (Å²) in [6.07, 6.45) is 1.32. The van der Waals surface area contributed by atoms with E-state index in [2.05, 4.69) is 24.1 Å². The minimum absolute atomic E-state index is 0.0180. The highest BCUT2D eigenvalue weighted by Gasteiger charge is 2.19. The van der Waals surface area contributed by atoms with Crippen molar-refractivity contribution in [2.45, 2.75) is 33.2 Å². The molecule has 170 valence electrons. The molecule has 0 atom stereocenters. The van der Waals surface area contributed by atoms with Crippen LogP contribution < -0.4 is 14.5 Å². The summed E-state index contributed by atoms with van der Waals surface area (Å²) in [5.41, 5.74) is 2.11. The predicted octanol–water partition coefficient (Wildman–Crippen LogP) is 3.67. The van der Waals surface area contributed by atoms with Gasteiger partial charge < -0.3 is 10.2 Å². The highest BCUT2D eigenvalue weighted by molar-refractivity contribution is 7.92. The topological polar surface area (TPSA) is 69.7 Å². The van der Waals surface area contributed by atoms with Gasteiger partial charge in [0.25, 0.3) is 0 Å². The Morgan fingerprint density at radius 1 is 0.968 bits per heavy atom. The first-order chi connectivity index (χ1) is 14.7. The van der Waals surface area contributed by atoms with Crippen molar-refractivity contribution in [3.05, 3.63) is 59.7 Å². The van der Waals surface area contributed by atoms with Gasteiger partial charge in [-0.2, -0.15) is 0 Å². The Morgan fingerprint density at radius 3 is 2.13 bits per heavy atom. The van der Waals surface area contributed by atoms with Crippen molar-refractivity contribution in [2.24, 2.45) is 0 Å². The number of hydrogen-bond donors (Lipinski definition) is 1. The number of amides is 1. The lowest BCUT2D eigenvalue weighted by Gasteiger charge is -2.22. The molecule has 1 N–H and O–H groups in total. The van der Waals surface area contributed by atoms with E-state index in [1.807, 2.05) is 24.3 Å². The highest BCUT2D eigenvalue weighted by atomic mass is 32.2. The van der Waals surface area contributed by atoms with E-state index in [1.54, 1.807) is 0 Å². The van der Waals surface area contributed by atoms with Crippen molar-refractivity contribution in [3.63, 3.8) is 0 Å². The average Bonchev–Trinajstić information content (AvgIpc) is 2.73. The Morgan fingerprint density at radius 2 is 1.58 bits per heavy atom. The van der Waals surface area contributed by atoms with E-state index in [4.69, 9.17) is 0 Å². The summed E-state index contributed by atoms with van der Waals surface area (Å²) in [7, 11) is -3.71. The van der Waals surface area contributed by atoms with Crippen molar-refractivity contribution in [2.75, 3.05) is 35.1 Å². The fraction of sp³-hybridized carbons (Fsp3) is 0.409. The first-order valence-electron chi connectivity index (χ1n) is 10.2. The Kier molecular flexibility index (Phi) is 8.79. The van der Waals surface area contributed by atoms with Gasteiger partial charge in [-0.3, -0.25) is 9.10 Å². The van der Waals surface area contributed by atoms with Crippen LogP contribution in [-0.4, -0.2) is 40.2 Å². The first-order valence-corrected chi connectivity index (χ1v) is 12.0. The number of carbonyl (C=O) groups is 1. The highest BCUT2D eigenvalue weighted by Crippen LogP contribution is 2.21. The first kappa shape index (κ1) is 24.6. The number of anilines is 2. The second-order valence-corrected chi connectivity index (χ2v) is 9.06. The fourth-order valence-corrected chi connectivity index (χ4v) is 4.17. The molecule has 0 saturated carbocycles. The number of nitrogens with one attached hydrogen (secondary N) is 1. The summed E-state index contributed by atoms with van der Waals surface area (Å²) < 4.78 is 51.7. The van der Waals surface area contributed by atoms with Crippen molar-refractivity contribution >= 4 is 27.3 Å². The molecule has 0 aromatic heterocycles. The van der Waals surface area contributed by atoms with Crippen molar-refractivity contribution in [1.82, 2.24) is 5.32 Å². The minimum Gasteiger partial charge on any atom is -0.372 e. The van der Waals surface area contributed by atoms with Crippen LogP contribution in [0.5, 0.6) is 0 Å². The molecule has 1 amide bonds. The summed E-state index contributed by atoms with van der Waals surface area (Å²) in [5.74, 6) is -2.40. The van der Waals surface area contributed by atoms with Gasteiger partial charge >= 0.3 is 0 Å². The number of rotatable bonds is 11. The van der Waals surface area contributed by atoms with Gasteiger partial charge in [0.15, 0.2) is 11.6 Å². The van der Waals surface area contributed by atoms with Crippen LogP contribution in [0.1, 0.15) is 32.3 Å². The monoisotopic (exact) mass is 453 g/mol. The molecule has 0 unspecified atom stereocenters. The average molecular weight is 454 g/mol. The zero-order valence-electron chi connectivity index (χ0n) is 18.1. The minimum atomic E-state index is -3.71. The third kappa shape index (κ3) is 7.20. The number of sulfonamides is 1. The Hall–Kier alpha value is -2.68. The molecule has 0 bridgehead atoms. The third-order valence-corrected chi connectivity index (χ3v) is 6.11. The number of hydrogen-bond acceptors (Lipinski definition) is 4. The molecule has 2 aromatic carbocycles. The van der Waals surface area contributed by atoms with E-state index in [0.717, 1.165) is 47.0 Å². The SMILES string of the molecule is CCN(CC)c1ccc(CNC(=O)CCCN(c2ccc(F)c(F)c2)S(C)(=O)=O)cc1. The third-order valence-electron chi connectivity index (χ3n) is 4.91. The zero-order chi connectivity index (χ0) is 23.0. The van der Waals surface area contributed by atoms with E-state index in [-0.39, 0.29) is 31.0 Å². The van der Waals surface area contributed by atoms with Gasteiger partial charge in [-0.25, -0.2) is 17.2 Å². The summed E-state index contributed by atoms with van der Waals surface area (Å²) >= 11 is 0. The van der Waals surface area contributed by atoms with Crippen molar-refractivity contribution in [1.29, 1.82) is 0 Å². The van der Waals surface area contributed by atoms with Gasteiger partial charge in [0.2, 0.25) is 15.9 Å². The molecule has 0 heterocycles. The molecular weight excluding hydrogens is 424 g/mol. The quantitative estimate of drug-likeness (QED) is 0.564. The van der Waals surface area contributed by atoms with Crippen LogP contribution in [0.15, 0.2) is 42.5 Å². The van der Waals surface area contributed by atoms with Crippen LogP contribution in [0, 0.1) is 11.6 Å². The van der Waals surface area contributed by atoms with Crippen LogP contribution in [0.3, 0.4) is 0 Å². The zero-order valence-corrected chi connectivity index (χ0v) is 18.9. The molecule has 2 aromatic rings. The van der Waals surface area contributed by atoms with Gasteiger partial charge in [0.1, 0.15) is 0 Å². The smallest absolute Gasteiger partial charge is 0.232 e. The van der Waals surface area contributed by atoms with Crippen molar-refractivity contribution in [3.8, 4) is 0 Å². The van der Waals surface area contributed by atoms with Crippen molar-refractivity contribution < 1.29 is 22.0 Å². The summed E-state index contributed by atoms with van der Waals surface area (Å²) in [6.45, 7) is 6.37. The molecule has 0 saturated heterocycles. The van der Waals surface area contributed by atoms with E-state index in [1.165, 1.54) is 6.07 Å². The molecule has 0 aliphatic carbocycles. The maximum Gasteiger partial charge on any atom is 0.232 e. The number of carbonyl (C=O) groups excluding carboxylic acids is 1. The van der Waals surface area contributed by atoms with Gasteiger partial charge in [0, 0.05) is 44.4 Å². The maximum atomic E-state index is 13.5. The molecule has 0 fully saturated rings. The van der Waals surface area contributed by atoms with E-state index < -0.39 is 21.7 Å². The van der Waals surface area contributed by atoms with Crippen LogP contribution in [0.2, 0.25) is 0 Å². The molecular formula is C22H29F2N3O3S. The largest absolute Gasteiger partial charge is 0.372 e. The fourth-order valence-electron chi connectivity index (χ4n) is 3.21. The lowest BCUT2D eigenvalue weighted by molar-refractivity contribution is -0.121. The standard InChI is InChI=1S/C22H29F2N3O3S/c1-4-26(5-2)18-10-8-17(9-11-18)16-25-22(28)7-6-14-27(31(3,29)30)19-12-13-20(23)21(24)15-19/h8-13,15H,4-7,14,16H2,1-3H3,(H,25,28). The molecule has 6 nitrogen and oxygen atoms in total. The Labute approximate surface area is 182 Å². The van der Waals surface area contributed by atoms with E-state index in [0.29, 0.717) is 6.54 Å². The number of halogens is 2.